The van der Waals surface area contributed by atoms with E-state index in [2.05, 4.69) is 9.80 Å². The van der Waals surface area contributed by atoms with Gasteiger partial charge in [-0.1, -0.05) is 56.4 Å². The molecule has 2 aromatic rings. The van der Waals surface area contributed by atoms with E-state index in [-0.39, 0.29) is 23.6 Å². The van der Waals surface area contributed by atoms with Gasteiger partial charge in [-0.3, -0.25) is 29.0 Å². The maximum Gasteiger partial charge on any atom is 0.261 e. The molecule has 39 heavy (non-hydrogen) atoms. The lowest BCUT2D eigenvalue weighted by Gasteiger charge is -2.20. The maximum atomic E-state index is 12.5. The standard InChI is InChI=1S/C31H40N4O4/c1-32(20-22-34-28(36)24-14-8-9-15-25(24)29(34)37)18-12-6-4-3-5-7-13-19-33(2)21-23-35-30(38)26-16-10-11-17-27(26)31(35)39/h8-11,14-17H,3-7,12-13,18-23H2,1-2H3. The molecule has 0 saturated heterocycles. The molecule has 0 fully saturated rings. The topological polar surface area (TPSA) is 81.2 Å². The van der Waals surface area contributed by atoms with Gasteiger partial charge in [0.05, 0.1) is 22.3 Å². The van der Waals surface area contributed by atoms with E-state index >= 15 is 0 Å². The van der Waals surface area contributed by atoms with Crippen molar-refractivity contribution in [1.29, 1.82) is 0 Å². The van der Waals surface area contributed by atoms with Crippen molar-refractivity contribution in [2.45, 2.75) is 44.9 Å². The van der Waals surface area contributed by atoms with Gasteiger partial charge in [0.15, 0.2) is 0 Å². The smallest absolute Gasteiger partial charge is 0.261 e. The molecule has 2 aromatic carbocycles. The van der Waals surface area contributed by atoms with Crippen molar-refractivity contribution in [3.8, 4) is 0 Å². The van der Waals surface area contributed by atoms with Gasteiger partial charge in [-0.05, 0) is 64.3 Å². The van der Waals surface area contributed by atoms with Gasteiger partial charge in [0, 0.05) is 26.2 Å². The lowest BCUT2D eigenvalue weighted by Crippen LogP contribution is -2.37. The summed E-state index contributed by atoms with van der Waals surface area (Å²) >= 11 is 0. The Labute approximate surface area is 231 Å². The third-order valence-corrected chi connectivity index (χ3v) is 7.75. The number of hydrogen-bond acceptors (Lipinski definition) is 6. The number of rotatable bonds is 16. The first-order valence-electron chi connectivity index (χ1n) is 14.2. The second-order valence-corrected chi connectivity index (χ2v) is 10.7. The van der Waals surface area contributed by atoms with Crippen LogP contribution >= 0.6 is 0 Å². The van der Waals surface area contributed by atoms with Crippen LogP contribution in [0.15, 0.2) is 48.5 Å². The second kappa shape index (κ2) is 13.6. The zero-order valence-corrected chi connectivity index (χ0v) is 23.2. The summed E-state index contributed by atoms with van der Waals surface area (Å²) < 4.78 is 0. The van der Waals surface area contributed by atoms with Crippen LogP contribution in [-0.2, 0) is 0 Å². The first-order chi connectivity index (χ1) is 18.9. The number of likely N-dealkylation sites (N-methyl/N-ethyl adjacent to an activating group) is 2. The van der Waals surface area contributed by atoms with Gasteiger partial charge in [0.25, 0.3) is 23.6 Å². The highest BCUT2D eigenvalue weighted by molar-refractivity contribution is 6.22. The highest BCUT2D eigenvalue weighted by Crippen LogP contribution is 2.23. The fourth-order valence-corrected chi connectivity index (χ4v) is 5.30. The Morgan fingerprint density at radius 2 is 0.744 bits per heavy atom. The van der Waals surface area contributed by atoms with Crippen molar-refractivity contribution >= 4 is 23.6 Å². The Hall–Kier alpha value is -3.36. The number of imide groups is 2. The molecular formula is C31H40N4O4. The van der Waals surface area contributed by atoms with E-state index < -0.39 is 0 Å². The molecule has 8 heteroatoms. The van der Waals surface area contributed by atoms with E-state index in [0.717, 1.165) is 25.9 Å². The molecule has 0 atom stereocenters. The zero-order valence-electron chi connectivity index (χ0n) is 23.2. The predicted octanol–water partition coefficient (Wildman–Crippen LogP) is 4.17. The SMILES string of the molecule is CN(CCCCCCCCCN(C)CCN1C(=O)c2ccccc2C1=O)CCN1C(=O)c2ccccc2C1=O. The minimum Gasteiger partial charge on any atom is -0.305 e. The highest BCUT2D eigenvalue weighted by atomic mass is 16.2. The Morgan fingerprint density at radius 3 is 1.05 bits per heavy atom. The number of hydrogen-bond donors (Lipinski definition) is 0. The zero-order chi connectivity index (χ0) is 27.8. The molecular weight excluding hydrogens is 492 g/mol. The second-order valence-electron chi connectivity index (χ2n) is 10.7. The summed E-state index contributed by atoms with van der Waals surface area (Å²) in [7, 11) is 4.09. The molecule has 0 radical (unpaired) electrons. The van der Waals surface area contributed by atoms with E-state index in [4.69, 9.17) is 0 Å². The van der Waals surface area contributed by atoms with Crippen LogP contribution in [0.2, 0.25) is 0 Å². The molecule has 0 N–H and O–H groups in total. The first kappa shape index (κ1) is 28.6. The first-order valence-corrected chi connectivity index (χ1v) is 14.2. The van der Waals surface area contributed by atoms with E-state index in [0.29, 0.717) is 48.4 Å². The number of unbranched alkanes of at least 4 members (excludes halogenated alkanes) is 6. The Kier molecular flexibility index (Phi) is 10.0. The van der Waals surface area contributed by atoms with Crippen molar-refractivity contribution in [2.75, 3.05) is 53.4 Å². The molecule has 0 aliphatic carbocycles. The number of fused-ring (bicyclic) bond motifs is 2. The maximum absolute atomic E-state index is 12.5. The molecule has 2 aliphatic rings. The average molecular weight is 533 g/mol. The van der Waals surface area contributed by atoms with Crippen molar-refractivity contribution in [1.82, 2.24) is 19.6 Å². The third-order valence-electron chi connectivity index (χ3n) is 7.75. The van der Waals surface area contributed by atoms with Crippen LogP contribution in [0, 0.1) is 0 Å². The number of carbonyl (C=O) groups excluding carboxylic acids is 4. The van der Waals surface area contributed by atoms with Gasteiger partial charge in [-0.15, -0.1) is 0 Å². The molecule has 4 amide bonds. The molecule has 0 unspecified atom stereocenters. The van der Waals surface area contributed by atoms with Gasteiger partial charge in [-0.2, -0.15) is 0 Å². The quantitative estimate of drug-likeness (QED) is 0.238. The molecule has 0 bridgehead atoms. The lowest BCUT2D eigenvalue weighted by atomic mass is 10.1. The lowest BCUT2D eigenvalue weighted by molar-refractivity contribution is 0.0625. The predicted molar refractivity (Wildman–Crippen MR) is 151 cm³/mol. The molecule has 2 heterocycles. The molecule has 0 aromatic heterocycles. The average Bonchev–Trinajstić information content (AvgIpc) is 3.34. The third kappa shape index (κ3) is 6.99. The fraction of sp³-hybridized carbons (Fsp3) is 0.484. The van der Waals surface area contributed by atoms with Crippen molar-refractivity contribution in [3.05, 3.63) is 70.8 Å². The van der Waals surface area contributed by atoms with Crippen LogP contribution in [0.4, 0.5) is 0 Å². The largest absolute Gasteiger partial charge is 0.305 e. The Morgan fingerprint density at radius 1 is 0.462 bits per heavy atom. The van der Waals surface area contributed by atoms with Crippen LogP contribution in [0.1, 0.15) is 86.4 Å². The van der Waals surface area contributed by atoms with Gasteiger partial charge in [-0.25, -0.2) is 0 Å². The summed E-state index contributed by atoms with van der Waals surface area (Å²) in [6.45, 7) is 4.14. The van der Waals surface area contributed by atoms with E-state index in [1.54, 1.807) is 48.5 Å². The number of amides is 4. The highest BCUT2D eigenvalue weighted by Gasteiger charge is 2.35. The van der Waals surface area contributed by atoms with E-state index in [1.165, 1.54) is 41.9 Å². The van der Waals surface area contributed by atoms with Gasteiger partial charge < -0.3 is 9.80 Å². The minimum absolute atomic E-state index is 0.182. The summed E-state index contributed by atoms with van der Waals surface area (Å²) in [5.74, 6) is -0.730. The van der Waals surface area contributed by atoms with Crippen LogP contribution < -0.4 is 0 Å². The van der Waals surface area contributed by atoms with Crippen LogP contribution in [-0.4, -0.2) is 96.6 Å². The molecule has 2 aliphatic heterocycles. The van der Waals surface area contributed by atoms with Crippen molar-refractivity contribution < 1.29 is 19.2 Å². The summed E-state index contributed by atoms with van der Waals surface area (Å²) in [6.07, 6.45) is 8.22. The van der Waals surface area contributed by atoms with E-state index in [9.17, 15) is 19.2 Å². The van der Waals surface area contributed by atoms with Crippen LogP contribution in [0.5, 0.6) is 0 Å². The van der Waals surface area contributed by atoms with Gasteiger partial charge in [0.1, 0.15) is 0 Å². The number of benzene rings is 2. The minimum atomic E-state index is -0.182. The molecule has 208 valence electrons. The van der Waals surface area contributed by atoms with Crippen molar-refractivity contribution in [3.63, 3.8) is 0 Å². The van der Waals surface area contributed by atoms with Crippen molar-refractivity contribution in [2.24, 2.45) is 0 Å². The molecule has 0 saturated carbocycles. The Bertz CT molecular complexity index is 1040. The monoisotopic (exact) mass is 532 g/mol. The van der Waals surface area contributed by atoms with Gasteiger partial charge in [0.2, 0.25) is 0 Å². The fourth-order valence-electron chi connectivity index (χ4n) is 5.30. The molecule has 4 rings (SSSR count). The number of carbonyl (C=O) groups is 4. The molecule has 0 spiro atoms. The summed E-state index contributed by atoms with van der Waals surface area (Å²) in [4.78, 5) is 57.0. The summed E-state index contributed by atoms with van der Waals surface area (Å²) in [6, 6.07) is 14.1. The van der Waals surface area contributed by atoms with Crippen LogP contribution in [0.3, 0.4) is 0 Å². The summed E-state index contributed by atoms with van der Waals surface area (Å²) in [5.41, 5.74) is 2.05. The van der Waals surface area contributed by atoms with E-state index in [1.807, 2.05) is 14.1 Å². The molecule has 8 nitrogen and oxygen atoms in total. The number of nitrogens with zero attached hydrogens (tertiary/aromatic N) is 4. The summed E-state index contributed by atoms with van der Waals surface area (Å²) in [5, 5.41) is 0. The van der Waals surface area contributed by atoms with Gasteiger partial charge >= 0.3 is 0 Å². The normalized spacial score (nSPS) is 14.8. The van der Waals surface area contributed by atoms with Crippen LogP contribution in [0.25, 0.3) is 0 Å². The Balaban J connectivity index is 0.988.